The van der Waals surface area contributed by atoms with Crippen molar-refractivity contribution in [3.63, 3.8) is 0 Å². The SMILES string of the molecule is CC#CCNc1cc2c(nn1)CCC2. The smallest absolute Gasteiger partial charge is 0.149 e. The number of hydrogen-bond acceptors (Lipinski definition) is 3. The summed E-state index contributed by atoms with van der Waals surface area (Å²) in [6, 6.07) is 2.09. The molecule has 1 aromatic rings. The van der Waals surface area contributed by atoms with Crippen LogP contribution in [0.15, 0.2) is 6.07 Å². The lowest BCUT2D eigenvalue weighted by Gasteiger charge is -2.02. The van der Waals surface area contributed by atoms with Gasteiger partial charge in [0.1, 0.15) is 5.82 Å². The first-order valence-corrected chi connectivity index (χ1v) is 4.89. The van der Waals surface area contributed by atoms with Crippen LogP contribution in [0.25, 0.3) is 0 Å². The van der Waals surface area contributed by atoms with Gasteiger partial charge in [0, 0.05) is 0 Å². The third-order valence-electron chi connectivity index (χ3n) is 2.35. The monoisotopic (exact) mass is 187 g/mol. The van der Waals surface area contributed by atoms with Crippen molar-refractivity contribution in [1.82, 2.24) is 10.2 Å². The van der Waals surface area contributed by atoms with Crippen molar-refractivity contribution in [2.75, 3.05) is 11.9 Å². The van der Waals surface area contributed by atoms with Crippen LogP contribution in [0.2, 0.25) is 0 Å². The molecule has 0 amide bonds. The Labute approximate surface area is 83.9 Å². The summed E-state index contributed by atoms with van der Waals surface area (Å²) in [5.41, 5.74) is 2.50. The summed E-state index contributed by atoms with van der Waals surface area (Å²) in [6.45, 7) is 2.47. The molecule has 0 aromatic carbocycles. The fraction of sp³-hybridized carbons (Fsp3) is 0.455. The van der Waals surface area contributed by atoms with Crippen molar-refractivity contribution in [3.05, 3.63) is 17.3 Å². The van der Waals surface area contributed by atoms with Gasteiger partial charge in [-0.3, -0.25) is 0 Å². The van der Waals surface area contributed by atoms with Gasteiger partial charge in [-0.2, -0.15) is 5.10 Å². The number of hydrogen-bond donors (Lipinski definition) is 1. The molecule has 0 saturated heterocycles. The molecule has 3 heteroatoms. The lowest BCUT2D eigenvalue weighted by Crippen LogP contribution is -2.03. The second kappa shape index (κ2) is 4.10. The molecule has 0 radical (unpaired) electrons. The van der Waals surface area contributed by atoms with Crippen LogP contribution in [0.4, 0.5) is 5.82 Å². The highest BCUT2D eigenvalue weighted by molar-refractivity contribution is 5.40. The van der Waals surface area contributed by atoms with Gasteiger partial charge in [-0.25, -0.2) is 0 Å². The zero-order valence-corrected chi connectivity index (χ0v) is 8.30. The number of fused-ring (bicyclic) bond motifs is 1. The minimum Gasteiger partial charge on any atom is -0.358 e. The molecule has 1 aliphatic rings. The summed E-state index contributed by atoms with van der Waals surface area (Å²) in [5.74, 6) is 6.61. The van der Waals surface area contributed by atoms with E-state index in [-0.39, 0.29) is 0 Å². The van der Waals surface area contributed by atoms with Crippen LogP contribution in [0, 0.1) is 11.8 Å². The van der Waals surface area contributed by atoms with E-state index >= 15 is 0 Å². The zero-order valence-electron chi connectivity index (χ0n) is 8.30. The highest BCUT2D eigenvalue weighted by Crippen LogP contribution is 2.20. The van der Waals surface area contributed by atoms with E-state index in [0.29, 0.717) is 6.54 Å². The van der Waals surface area contributed by atoms with Crippen LogP contribution < -0.4 is 5.32 Å². The van der Waals surface area contributed by atoms with E-state index in [1.807, 2.05) is 6.92 Å². The Hall–Kier alpha value is -1.56. The maximum absolute atomic E-state index is 4.18. The molecule has 1 aromatic heterocycles. The number of aromatic nitrogens is 2. The summed E-state index contributed by atoms with van der Waals surface area (Å²) >= 11 is 0. The van der Waals surface area contributed by atoms with Gasteiger partial charge in [0.05, 0.1) is 12.2 Å². The minimum absolute atomic E-state index is 0.643. The van der Waals surface area contributed by atoms with Gasteiger partial charge >= 0.3 is 0 Å². The van der Waals surface area contributed by atoms with Crippen molar-refractivity contribution < 1.29 is 0 Å². The Morgan fingerprint density at radius 3 is 3.21 bits per heavy atom. The Morgan fingerprint density at radius 2 is 2.36 bits per heavy atom. The molecular formula is C11H13N3. The fourth-order valence-electron chi connectivity index (χ4n) is 1.64. The first-order chi connectivity index (χ1) is 6.90. The Morgan fingerprint density at radius 1 is 1.43 bits per heavy atom. The summed E-state index contributed by atoms with van der Waals surface area (Å²) in [7, 11) is 0. The van der Waals surface area contributed by atoms with Crippen LogP contribution in [0.1, 0.15) is 24.6 Å². The Kier molecular flexibility index (Phi) is 2.64. The molecular weight excluding hydrogens is 174 g/mol. The van der Waals surface area contributed by atoms with Gasteiger partial charge < -0.3 is 5.32 Å². The standard InChI is InChI=1S/C11H13N3/c1-2-3-7-12-11-8-9-5-4-6-10(9)13-14-11/h8H,4-7H2,1H3,(H,12,14). The number of nitrogens with zero attached hydrogens (tertiary/aromatic N) is 2. The average molecular weight is 187 g/mol. The Balaban J connectivity index is 2.07. The molecule has 2 rings (SSSR count). The normalized spacial score (nSPS) is 12.9. The third kappa shape index (κ3) is 1.85. The summed E-state index contributed by atoms with van der Waals surface area (Å²) in [6.07, 6.45) is 3.43. The lowest BCUT2D eigenvalue weighted by molar-refractivity contribution is 0.879. The second-order valence-electron chi connectivity index (χ2n) is 3.34. The molecule has 3 nitrogen and oxygen atoms in total. The van der Waals surface area contributed by atoms with Crippen molar-refractivity contribution in [2.24, 2.45) is 0 Å². The summed E-state index contributed by atoms with van der Waals surface area (Å²) < 4.78 is 0. The molecule has 1 aliphatic carbocycles. The summed E-state index contributed by atoms with van der Waals surface area (Å²) in [4.78, 5) is 0. The topological polar surface area (TPSA) is 37.8 Å². The molecule has 0 atom stereocenters. The summed E-state index contributed by atoms with van der Waals surface area (Å²) in [5, 5.41) is 11.4. The van der Waals surface area contributed by atoms with Crippen LogP contribution in [0.3, 0.4) is 0 Å². The van der Waals surface area contributed by atoms with E-state index in [2.05, 4.69) is 33.4 Å². The molecule has 0 bridgehead atoms. The minimum atomic E-state index is 0.643. The van der Waals surface area contributed by atoms with Crippen LogP contribution in [0.5, 0.6) is 0 Å². The van der Waals surface area contributed by atoms with E-state index in [4.69, 9.17) is 0 Å². The van der Waals surface area contributed by atoms with Gasteiger partial charge in [-0.05, 0) is 37.8 Å². The van der Waals surface area contributed by atoms with Gasteiger partial charge in [0.15, 0.2) is 0 Å². The van der Waals surface area contributed by atoms with E-state index in [1.165, 1.54) is 12.0 Å². The quantitative estimate of drug-likeness (QED) is 0.711. The predicted molar refractivity (Wildman–Crippen MR) is 56.0 cm³/mol. The highest BCUT2D eigenvalue weighted by atomic mass is 15.2. The fourth-order valence-corrected chi connectivity index (χ4v) is 1.64. The number of anilines is 1. The maximum atomic E-state index is 4.18. The van der Waals surface area contributed by atoms with Crippen molar-refractivity contribution in [2.45, 2.75) is 26.2 Å². The highest BCUT2D eigenvalue weighted by Gasteiger charge is 2.12. The van der Waals surface area contributed by atoms with Crippen molar-refractivity contribution in [1.29, 1.82) is 0 Å². The van der Waals surface area contributed by atoms with Gasteiger partial charge in [-0.1, -0.05) is 5.92 Å². The lowest BCUT2D eigenvalue weighted by atomic mass is 10.2. The average Bonchev–Trinajstić information content (AvgIpc) is 2.65. The second-order valence-corrected chi connectivity index (χ2v) is 3.34. The van der Waals surface area contributed by atoms with E-state index in [9.17, 15) is 0 Å². The van der Waals surface area contributed by atoms with E-state index < -0.39 is 0 Å². The maximum Gasteiger partial charge on any atom is 0.149 e. The predicted octanol–water partition coefficient (Wildman–Crippen LogP) is 1.40. The molecule has 0 fully saturated rings. The first-order valence-electron chi connectivity index (χ1n) is 4.89. The van der Waals surface area contributed by atoms with Crippen molar-refractivity contribution >= 4 is 5.82 Å². The van der Waals surface area contributed by atoms with E-state index in [0.717, 1.165) is 24.4 Å². The molecule has 1 heterocycles. The number of nitrogens with one attached hydrogen (secondary N) is 1. The first kappa shape index (κ1) is 9.01. The van der Waals surface area contributed by atoms with Gasteiger partial charge in [-0.15, -0.1) is 11.0 Å². The van der Waals surface area contributed by atoms with Crippen LogP contribution >= 0.6 is 0 Å². The molecule has 1 N–H and O–H groups in total. The molecule has 0 saturated carbocycles. The van der Waals surface area contributed by atoms with Crippen LogP contribution in [-0.2, 0) is 12.8 Å². The van der Waals surface area contributed by atoms with Gasteiger partial charge in [0.2, 0.25) is 0 Å². The molecule has 14 heavy (non-hydrogen) atoms. The van der Waals surface area contributed by atoms with Crippen molar-refractivity contribution in [3.8, 4) is 11.8 Å². The number of rotatable bonds is 2. The Bertz CT molecular complexity index is 387. The number of aryl methyl sites for hydroxylation is 2. The molecule has 0 aliphatic heterocycles. The third-order valence-corrected chi connectivity index (χ3v) is 2.35. The van der Waals surface area contributed by atoms with Gasteiger partial charge in [0.25, 0.3) is 0 Å². The zero-order chi connectivity index (χ0) is 9.80. The van der Waals surface area contributed by atoms with Crippen LogP contribution in [-0.4, -0.2) is 16.7 Å². The van der Waals surface area contributed by atoms with E-state index in [1.54, 1.807) is 0 Å². The molecule has 0 spiro atoms. The molecule has 72 valence electrons. The molecule has 0 unspecified atom stereocenters. The largest absolute Gasteiger partial charge is 0.358 e.